The number of hydrogen-bond donors (Lipinski definition) is 1. The molecule has 1 fully saturated rings. The third kappa shape index (κ3) is 3.56. The molecular weight excluding hydrogens is 363 g/mol. The highest BCUT2D eigenvalue weighted by atomic mass is 19.4. The largest absolute Gasteiger partial charge is 0.478 e. The second kappa shape index (κ2) is 6.44. The van der Waals surface area contributed by atoms with Crippen molar-refractivity contribution in [3.05, 3.63) is 58.5 Å². The standard InChI is InChI=1S/C19H18F3NO4/c1-11-15(16(24)25)9-14(27-11)10-23(2)17(26)18(6-7-18)12-4-3-5-13(8-12)19(20,21)22/h3-5,8-9H,6-7,10H2,1-2H3,(H,24,25). The third-order valence-corrected chi connectivity index (χ3v) is 4.84. The first-order valence-corrected chi connectivity index (χ1v) is 8.30. The Labute approximate surface area is 153 Å². The Kier molecular flexibility index (Phi) is 4.53. The Morgan fingerprint density at radius 1 is 1.26 bits per heavy atom. The van der Waals surface area contributed by atoms with Crippen LogP contribution < -0.4 is 0 Å². The average molecular weight is 381 g/mol. The summed E-state index contributed by atoms with van der Waals surface area (Å²) >= 11 is 0. The highest BCUT2D eigenvalue weighted by molar-refractivity contribution is 5.91. The number of aryl methyl sites for hydroxylation is 1. The number of aromatic carboxylic acids is 1. The Hall–Kier alpha value is -2.77. The van der Waals surface area contributed by atoms with E-state index in [4.69, 9.17) is 9.52 Å². The number of likely N-dealkylation sites (N-methyl/N-ethyl adjacent to an activating group) is 1. The first-order chi connectivity index (χ1) is 12.5. The maximum atomic E-state index is 13.0. The van der Waals surface area contributed by atoms with Gasteiger partial charge in [-0.1, -0.05) is 18.2 Å². The molecule has 0 spiro atoms. The molecule has 2 aromatic rings. The van der Waals surface area contributed by atoms with Crippen LogP contribution in [0.15, 0.2) is 34.7 Å². The summed E-state index contributed by atoms with van der Waals surface area (Å²) in [6, 6.07) is 6.20. The molecule has 3 rings (SSSR count). The summed E-state index contributed by atoms with van der Waals surface area (Å²) in [4.78, 5) is 25.4. The molecule has 0 radical (unpaired) electrons. The van der Waals surface area contributed by atoms with E-state index in [1.165, 1.54) is 37.1 Å². The first-order valence-electron chi connectivity index (χ1n) is 8.30. The number of alkyl halides is 3. The predicted molar refractivity (Wildman–Crippen MR) is 89.2 cm³/mol. The van der Waals surface area contributed by atoms with E-state index in [9.17, 15) is 22.8 Å². The van der Waals surface area contributed by atoms with E-state index in [2.05, 4.69) is 0 Å². The van der Waals surface area contributed by atoms with Crippen molar-refractivity contribution in [2.24, 2.45) is 0 Å². The molecule has 27 heavy (non-hydrogen) atoms. The summed E-state index contributed by atoms with van der Waals surface area (Å²) in [5.74, 6) is -0.898. The van der Waals surface area contributed by atoms with E-state index >= 15 is 0 Å². The molecule has 8 heteroatoms. The molecule has 144 valence electrons. The fourth-order valence-electron chi connectivity index (χ4n) is 3.25. The van der Waals surface area contributed by atoms with Gasteiger partial charge in [0.05, 0.1) is 17.5 Å². The van der Waals surface area contributed by atoms with Crippen LogP contribution in [-0.2, 0) is 22.9 Å². The van der Waals surface area contributed by atoms with Gasteiger partial charge in [0.15, 0.2) is 0 Å². The lowest BCUT2D eigenvalue weighted by Crippen LogP contribution is -2.36. The van der Waals surface area contributed by atoms with Gasteiger partial charge >= 0.3 is 12.1 Å². The molecule has 0 aliphatic heterocycles. The van der Waals surface area contributed by atoms with Gasteiger partial charge in [-0.05, 0) is 37.5 Å². The summed E-state index contributed by atoms with van der Waals surface area (Å²) in [6.45, 7) is 1.55. The molecule has 5 nitrogen and oxygen atoms in total. The molecular formula is C19H18F3NO4. The van der Waals surface area contributed by atoms with Crippen molar-refractivity contribution in [2.45, 2.75) is 37.9 Å². The zero-order valence-corrected chi connectivity index (χ0v) is 14.8. The number of carbonyl (C=O) groups excluding carboxylic acids is 1. The Morgan fingerprint density at radius 2 is 1.93 bits per heavy atom. The van der Waals surface area contributed by atoms with Gasteiger partial charge in [-0.3, -0.25) is 4.79 Å². The van der Waals surface area contributed by atoms with E-state index in [0.29, 0.717) is 24.2 Å². The fourth-order valence-corrected chi connectivity index (χ4v) is 3.25. The number of nitrogens with zero attached hydrogens (tertiary/aromatic N) is 1. The van der Waals surface area contributed by atoms with Gasteiger partial charge in [-0.15, -0.1) is 0 Å². The third-order valence-electron chi connectivity index (χ3n) is 4.84. The van der Waals surface area contributed by atoms with Crippen LogP contribution in [0.3, 0.4) is 0 Å². The molecule has 1 saturated carbocycles. The second-order valence-electron chi connectivity index (χ2n) is 6.81. The van der Waals surface area contributed by atoms with Crippen LogP contribution >= 0.6 is 0 Å². The van der Waals surface area contributed by atoms with Crippen LogP contribution in [-0.4, -0.2) is 28.9 Å². The van der Waals surface area contributed by atoms with Crippen LogP contribution in [0.4, 0.5) is 13.2 Å². The van der Waals surface area contributed by atoms with Crippen LogP contribution in [0.5, 0.6) is 0 Å². The number of amides is 1. The summed E-state index contributed by atoms with van der Waals surface area (Å²) in [7, 11) is 1.52. The quantitative estimate of drug-likeness (QED) is 0.850. The highest BCUT2D eigenvalue weighted by Gasteiger charge is 2.53. The van der Waals surface area contributed by atoms with E-state index in [1.807, 2.05) is 0 Å². The molecule has 1 N–H and O–H groups in total. The highest BCUT2D eigenvalue weighted by Crippen LogP contribution is 2.50. The minimum absolute atomic E-state index is 0.0184. The number of hydrogen-bond acceptors (Lipinski definition) is 3. The van der Waals surface area contributed by atoms with Crippen LogP contribution in [0.25, 0.3) is 0 Å². The van der Waals surface area contributed by atoms with Gasteiger partial charge in [-0.2, -0.15) is 13.2 Å². The Bertz CT molecular complexity index is 897. The zero-order chi connectivity index (χ0) is 20.0. The van der Waals surface area contributed by atoms with Gasteiger partial charge in [0, 0.05) is 7.05 Å². The van der Waals surface area contributed by atoms with Crippen LogP contribution in [0.1, 0.15) is 45.8 Å². The number of carboxylic acids is 1. The van der Waals surface area contributed by atoms with Crippen molar-refractivity contribution in [1.82, 2.24) is 4.90 Å². The van der Waals surface area contributed by atoms with Crippen molar-refractivity contribution >= 4 is 11.9 Å². The summed E-state index contributed by atoms with van der Waals surface area (Å²) < 4.78 is 44.3. The Balaban J connectivity index is 1.81. The maximum Gasteiger partial charge on any atom is 0.416 e. The molecule has 1 aliphatic rings. The molecule has 1 aromatic heterocycles. The van der Waals surface area contributed by atoms with E-state index < -0.39 is 23.1 Å². The molecule has 1 aromatic carbocycles. The van der Waals surface area contributed by atoms with Gasteiger partial charge < -0.3 is 14.4 Å². The van der Waals surface area contributed by atoms with Crippen molar-refractivity contribution in [1.29, 1.82) is 0 Å². The average Bonchev–Trinajstić information content (AvgIpc) is 3.32. The lowest BCUT2D eigenvalue weighted by Gasteiger charge is -2.23. The lowest BCUT2D eigenvalue weighted by atomic mass is 9.92. The molecule has 1 amide bonds. The summed E-state index contributed by atoms with van der Waals surface area (Å²) in [5.41, 5.74) is -1.39. The molecule has 0 bridgehead atoms. The number of benzene rings is 1. The van der Waals surface area contributed by atoms with Gasteiger partial charge in [0.2, 0.25) is 5.91 Å². The smallest absolute Gasteiger partial charge is 0.416 e. The molecule has 1 aliphatic carbocycles. The number of carbonyl (C=O) groups is 2. The van der Waals surface area contributed by atoms with Crippen LogP contribution in [0, 0.1) is 6.92 Å². The minimum atomic E-state index is -4.47. The minimum Gasteiger partial charge on any atom is -0.478 e. The van der Waals surface area contributed by atoms with Crippen molar-refractivity contribution in [2.75, 3.05) is 7.05 Å². The molecule has 0 unspecified atom stereocenters. The fraction of sp³-hybridized carbons (Fsp3) is 0.368. The summed E-state index contributed by atoms with van der Waals surface area (Å²) in [5, 5.41) is 9.07. The monoisotopic (exact) mass is 381 g/mol. The summed E-state index contributed by atoms with van der Waals surface area (Å²) in [6.07, 6.45) is -3.54. The van der Waals surface area contributed by atoms with Crippen molar-refractivity contribution in [3.8, 4) is 0 Å². The van der Waals surface area contributed by atoms with Crippen LogP contribution in [0.2, 0.25) is 0 Å². The SMILES string of the molecule is Cc1oc(CN(C)C(=O)C2(c3cccc(C(F)(F)F)c3)CC2)cc1C(=O)O. The first kappa shape index (κ1) is 19.0. The second-order valence-corrected chi connectivity index (χ2v) is 6.81. The van der Waals surface area contributed by atoms with E-state index in [0.717, 1.165) is 12.1 Å². The normalized spacial score (nSPS) is 15.4. The number of halogens is 3. The Morgan fingerprint density at radius 3 is 2.44 bits per heavy atom. The molecule has 0 saturated heterocycles. The molecule has 0 atom stereocenters. The van der Waals surface area contributed by atoms with Crippen molar-refractivity contribution in [3.63, 3.8) is 0 Å². The van der Waals surface area contributed by atoms with Gasteiger partial charge in [0.25, 0.3) is 0 Å². The number of furan rings is 1. The van der Waals surface area contributed by atoms with Gasteiger partial charge in [0.1, 0.15) is 17.1 Å². The van der Waals surface area contributed by atoms with Gasteiger partial charge in [-0.25, -0.2) is 4.79 Å². The number of carboxylic acid groups (broad SMARTS) is 1. The van der Waals surface area contributed by atoms with Crippen molar-refractivity contribution < 1.29 is 32.3 Å². The lowest BCUT2D eigenvalue weighted by molar-refractivity contribution is -0.138. The molecule has 1 heterocycles. The zero-order valence-electron chi connectivity index (χ0n) is 14.8. The maximum absolute atomic E-state index is 13.0. The number of rotatable bonds is 5. The van der Waals surface area contributed by atoms with E-state index in [-0.39, 0.29) is 23.8 Å². The van der Waals surface area contributed by atoms with E-state index in [1.54, 1.807) is 0 Å². The topological polar surface area (TPSA) is 70.8 Å². The predicted octanol–water partition coefficient (Wildman–Crippen LogP) is 4.00.